The van der Waals surface area contributed by atoms with Gasteiger partial charge >= 0.3 is 0 Å². The second kappa shape index (κ2) is 12.1. The molecule has 1 N–H and O–H groups in total. The molecule has 1 aliphatic rings. The number of hydrogen-bond acceptors (Lipinski definition) is 5. The van der Waals surface area contributed by atoms with Gasteiger partial charge in [-0.3, -0.25) is 4.90 Å². The molecule has 0 saturated carbocycles. The standard InChI is InChI=1S/C19H26ClN5O2.HI/c1-2-21-19(22-15-17-7-13-27-23-17)25-10-8-24(9-11-25)12-14-26-18-5-3-16(20)4-6-18;/h3-7,13H,2,8-12,14-15H2,1H3,(H,21,22);1H. The van der Waals surface area contributed by atoms with Crippen LogP contribution in [0.3, 0.4) is 0 Å². The smallest absolute Gasteiger partial charge is 0.194 e. The minimum absolute atomic E-state index is 0. The van der Waals surface area contributed by atoms with E-state index in [0.29, 0.717) is 13.2 Å². The molecule has 0 amide bonds. The fraction of sp³-hybridized carbons (Fsp3) is 0.474. The minimum Gasteiger partial charge on any atom is -0.492 e. The van der Waals surface area contributed by atoms with Crippen LogP contribution in [-0.4, -0.2) is 66.8 Å². The number of aromatic nitrogens is 1. The van der Waals surface area contributed by atoms with Gasteiger partial charge < -0.3 is 19.5 Å². The first-order valence-corrected chi connectivity index (χ1v) is 9.65. The van der Waals surface area contributed by atoms with Crippen LogP contribution >= 0.6 is 35.6 Å². The molecule has 7 nitrogen and oxygen atoms in total. The number of nitrogens with one attached hydrogen (secondary N) is 1. The van der Waals surface area contributed by atoms with E-state index in [4.69, 9.17) is 20.9 Å². The second-order valence-corrected chi connectivity index (χ2v) is 6.73. The van der Waals surface area contributed by atoms with Gasteiger partial charge in [-0.25, -0.2) is 4.99 Å². The van der Waals surface area contributed by atoms with E-state index < -0.39 is 0 Å². The fourth-order valence-electron chi connectivity index (χ4n) is 2.91. The summed E-state index contributed by atoms with van der Waals surface area (Å²) in [4.78, 5) is 9.37. The van der Waals surface area contributed by atoms with E-state index in [0.717, 1.165) is 61.7 Å². The molecular weight excluding hydrogens is 493 g/mol. The molecule has 154 valence electrons. The van der Waals surface area contributed by atoms with Crippen molar-refractivity contribution in [1.29, 1.82) is 0 Å². The van der Waals surface area contributed by atoms with Crippen molar-refractivity contribution in [3.63, 3.8) is 0 Å². The molecule has 1 aromatic heterocycles. The highest BCUT2D eigenvalue weighted by atomic mass is 127. The monoisotopic (exact) mass is 519 g/mol. The summed E-state index contributed by atoms with van der Waals surface area (Å²) in [6, 6.07) is 9.32. The minimum atomic E-state index is 0. The topological polar surface area (TPSA) is 66.1 Å². The largest absolute Gasteiger partial charge is 0.492 e. The van der Waals surface area contributed by atoms with Crippen LogP contribution in [0.2, 0.25) is 5.02 Å². The molecular formula is C19H27ClIN5O2. The molecule has 28 heavy (non-hydrogen) atoms. The van der Waals surface area contributed by atoms with E-state index in [1.807, 2.05) is 30.3 Å². The number of ether oxygens (including phenoxy) is 1. The highest BCUT2D eigenvalue weighted by Gasteiger charge is 2.19. The maximum Gasteiger partial charge on any atom is 0.194 e. The molecule has 0 bridgehead atoms. The number of nitrogens with zero attached hydrogens (tertiary/aromatic N) is 4. The van der Waals surface area contributed by atoms with Gasteiger partial charge in [0.05, 0.1) is 6.54 Å². The molecule has 1 aliphatic heterocycles. The first kappa shape index (κ1) is 22.8. The third-order valence-electron chi connectivity index (χ3n) is 4.38. The summed E-state index contributed by atoms with van der Waals surface area (Å²) in [5.74, 6) is 1.78. The summed E-state index contributed by atoms with van der Waals surface area (Å²) in [6.07, 6.45) is 1.57. The normalized spacial score (nSPS) is 15.2. The fourth-order valence-corrected chi connectivity index (χ4v) is 3.03. The lowest BCUT2D eigenvalue weighted by Crippen LogP contribution is -2.53. The van der Waals surface area contributed by atoms with Crippen molar-refractivity contribution in [1.82, 2.24) is 20.3 Å². The molecule has 0 spiro atoms. The van der Waals surface area contributed by atoms with Crippen LogP contribution in [0.5, 0.6) is 5.75 Å². The van der Waals surface area contributed by atoms with Crippen LogP contribution in [0.1, 0.15) is 12.6 Å². The Morgan fingerprint density at radius 1 is 1.21 bits per heavy atom. The Bertz CT molecular complexity index is 704. The summed E-state index contributed by atoms with van der Waals surface area (Å²) in [6.45, 7) is 8.86. The SMILES string of the molecule is CCNC(=NCc1ccon1)N1CCN(CCOc2ccc(Cl)cc2)CC1.I. The maximum absolute atomic E-state index is 5.89. The zero-order chi connectivity index (χ0) is 18.9. The Morgan fingerprint density at radius 2 is 1.96 bits per heavy atom. The van der Waals surface area contributed by atoms with Crippen LogP contribution in [-0.2, 0) is 6.54 Å². The lowest BCUT2D eigenvalue weighted by atomic mass is 10.3. The summed E-state index contributed by atoms with van der Waals surface area (Å²) in [5.41, 5.74) is 0.836. The number of rotatable bonds is 7. The summed E-state index contributed by atoms with van der Waals surface area (Å²) in [5, 5.41) is 8.00. The molecule has 1 saturated heterocycles. The molecule has 2 aromatic rings. The van der Waals surface area contributed by atoms with Crippen LogP contribution in [0.15, 0.2) is 46.1 Å². The molecule has 2 heterocycles. The van der Waals surface area contributed by atoms with E-state index in [1.165, 1.54) is 0 Å². The number of aliphatic imine (C=N–C) groups is 1. The van der Waals surface area contributed by atoms with Crippen LogP contribution in [0.25, 0.3) is 0 Å². The van der Waals surface area contributed by atoms with Gasteiger partial charge in [0, 0.05) is 50.4 Å². The Morgan fingerprint density at radius 3 is 2.61 bits per heavy atom. The van der Waals surface area contributed by atoms with Crippen molar-refractivity contribution in [3.8, 4) is 5.75 Å². The van der Waals surface area contributed by atoms with Gasteiger partial charge in [0.15, 0.2) is 5.96 Å². The lowest BCUT2D eigenvalue weighted by molar-refractivity contribution is 0.152. The highest BCUT2D eigenvalue weighted by Crippen LogP contribution is 2.15. The van der Waals surface area contributed by atoms with Gasteiger partial charge in [0.1, 0.15) is 24.3 Å². The van der Waals surface area contributed by atoms with Crippen molar-refractivity contribution >= 4 is 41.5 Å². The number of hydrogen-bond donors (Lipinski definition) is 1. The zero-order valence-electron chi connectivity index (χ0n) is 16.0. The van der Waals surface area contributed by atoms with Gasteiger partial charge in [0.2, 0.25) is 0 Å². The maximum atomic E-state index is 5.89. The lowest BCUT2D eigenvalue weighted by Gasteiger charge is -2.36. The predicted molar refractivity (Wildman–Crippen MR) is 122 cm³/mol. The molecule has 0 radical (unpaired) electrons. The van der Waals surface area contributed by atoms with Gasteiger partial charge in [-0.1, -0.05) is 16.8 Å². The second-order valence-electron chi connectivity index (χ2n) is 6.29. The van der Waals surface area contributed by atoms with Crippen molar-refractivity contribution in [2.24, 2.45) is 4.99 Å². The summed E-state index contributed by atoms with van der Waals surface area (Å²) < 4.78 is 10.7. The molecule has 1 aromatic carbocycles. The number of halogens is 2. The zero-order valence-corrected chi connectivity index (χ0v) is 19.1. The van der Waals surface area contributed by atoms with Crippen molar-refractivity contribution in [3.05, 3.63) is 47.3 Å². The van der Waals surface area contributed by atoms with Crippen molar-refractivity contribution < 1.29 is 9.26 Å². The molecule has 0 unspecified atom stereocenters. The van der Waals surface area contributed by atoms with Crippen LogP contribution in [0, 0.1) is 0 Å². The number of piperazine rings is 1. The number of benzene rings is 1. The quantitative estimate of drug-likeness (QED) is 0.345. The summed E-state index contributed by atoms with van der Waals surface area (Å²) >= 11 is 5.89. The van der Waals surface area contributed by atoms with E-state index in [1.54, 1.807) is 6.26 Å². The Hall–Kier alpha value is -1.52. The van der Waals surface area contributed by atoms with Crippen molar-refractivity contribution in [2.75, 3.05) is 45.9 Å². The van der Waals surface area contributed by atoms with Crippen LogP contribution < -0.4 is 10.1 Å². The van der Waals surface area contributed by atoms with Gasteiger partial charge in [-0.05, 0) is 31.2 Å². The first-order chi connectivity index (χ1) is 13.2. The van der Waals surface area contributed by atoms with E-state index in [2.05, 4.69) is 32.2 Å². The Labute approximate surface area is 188 Å². The third-order valence-corrected chi connectivity index (χ3v) is 4.63. The van der Waals surface area contributed by atoms with Gasteiger partial charge in [-0.15, -0.1) is 24.0 Å². The average Bonchev–Trinajstić information content (AvgIpc) is 3.21. The first-order valence-electron chi connectivity index (χ1n) is 9.28. The van der Waals surface area contributed by atoms with E-state index in [9.17, 15) is 0 Å². The highest BCUT2D eigenvalue weighted by molar-refractivity contribution is 14.0. The molecule has 0 atom stereocenters. The van der Waals surface area contributed by atoms with Gasteiger partial charge in [-0.2, -0.15) is 0 Å². The Balaban J connectivity index is 0.00000280. The molecule has 1 fully saturated rings. The summed E-state index contributed by atoms with van der Waals surface area (Å²) in [7, 11) is 0. The average molecular weight is 520 g/mol. The molecule has 9 heteroatoms. The van der Waals surface area contributed by atoms with Gasteiger partial charge in [0.25, 0.3) is 0 Å². The third kappa shape index (κ3) is 7.14. The van der Waals surface area contributed by atoms with Crippen molar-refractivity contribution in [2.45, 2.75) is 13.5 Å². The Kier molecular flexibility index (Phi) is 9.86. The molecule has 0 aliphatic carbocycles. The van der Waals surface area contributed by atoms with Crippen LogP contribution in [0.4, 0.5) is 0 Å². The number of guanidine groups is 1. The van der Waals surface area contributed by atoms with E-state index in [-0.39, 0.29) is 24.0 Å². The van der Waals surface area contributed by atoms with E-state index >= 15 is 0 Å². The molecule has 3 rings (SSSR count). The predicted octanol–water partition coefficient (Wildman–Crippen LogP) is 3.11.